The zero-order valence-corrected chi connectivity index (χ0v) is 13.5. The highest BCUT2D eigenvalue weighted by Gasteiger charge is 2.52. The molecule has 1 saturated heterocycles. The Hall–Kier alpha value is -0.980. The van der Waals surface area contributed by atoms with Gasteiger partial charge in [-0.15, -0.1) is 0 Å². The minimum atomic E-state index is 0.412. The van der Waals surface area contributed by atoms with Gasteiger partial charge in [-0.2, -0.15) is 5.26 Å². The zero-order valence-electron chi connectivity index (χ0n) is 12.6. The molecule has 0 radical (unpaired) electrons. The van der Waals surface area contributed by atoms with Crippen molar-refractivity contribution in [2.75, 3.05) is 13.6 Å². The predicted molar refractivity (Wildman–Crippen MR) is 86.3 cm³/mol. The van der Waals surface area contributed by atoms with Crippen molar-refractivity contribution in [2.24, 2.45) is 5.92 Å². The van der Waals surface area contributed by atoms with Crippen LogP contribution in [0.15, 0.2) is 23.1 Å². The molecule has 2 bridgehead atoms. The van der Waals surface area contributed by atoms with Crippen LogP contribution in [-0.4, -0.2) is 24.5 Å². The summed E-state index contributed by atoms with van der Waals surface area (Å²) in [5.41, 5.74) is 3.55. The summed E-state index contributed by atoms with van der Waals surface area (Å²) in [5.74, 6) is 0.833. The summed E-state index contributed by atoms with van der Waals surface area (Å²) in [7, 11) is 2.31. The number of nitriles is 1. The van der Waals surface area contributed by atoms with E-state index in [9.17, 15) is 0 Å². The summed E-state index contributed by atoms with van der Waals surface area (Å²) in [6, 6.07) is 7.53. The van der Waals surface area contributed by atoms with Gasteiger partial charge in [-0.05, 0) is 80.2 Å². The monoisotopic (exact) mass is 298 g/mol. The highest BCUT2D eigenvalue weighted by molar-refractivity contribution is 8.03. The van der Waals surface area contributed by atoms with Gasteiger partial charge in [0.2, 0.25) is 0 Å². The SMILES string of the molecule is CN1CC[C@@]23CCCC[C@@H]2[C@@H]1Cc1ccc(SC#N)cc13. The number of likely N-dealkylation sites (tertiary alicyclic amines) is 1. The lowest BCUT2D eigenvalue weighted by atomic mass is 9.52. The van der Waals surface area contributed by atoms with E-state index in [1.54, 1.807) is 11.1 Å². The number of nitrogens with zero attached hydrogens (tertiary/aromatic N) is 2. The van der Waals surface area contributed by atoms with Gasteiger partial charge in [-0.3, -0.25) is 0 Å². The Balaban J connectivity index is 1.85. The van der Waals surface area contributed by atoms with Gasteiger partial charge in [0, 0.05) is 16.4 Å². The van der Waals surface area contributed by atoms with E-state index in [2.05, 4.69) is 35.5 Å². The number of thiocyanates is 1. The van der Waals surface area contributed by atoms with Gasteiger partial charge in [0.25, 0.3) is 0 Å². The molecule has 2 fully saturated rings. The first-order valence-corrected chi connectivity index (χ1v) is 8.96. The molecule has 0 spiro atoms. The first-order chi connectivity index (χ1) is 10.2. The van der Waals surface area contributed by atoms with Crippen LogP contribution in [0.5, 0.6) is 0 Å². The van der Waals surface area contributed by atoms with E-state index in [0.29, 0.717) is 5.41 Å². The summed E-state index contributed by atoms with van der Waals surface area (Å²) in [6.45, 7) is 1.23. The van der Waals surface area contributed by atoms with Crippen LogP contribution in [0.4, 0.5) is 0 Å². The maximum Gasteiger partial charge on any atom is 0.138 e. The second-order valence-electron chi connectivity index (χ2n) is 7.02. The molecule has 2 nitrogen and oxygen atoms in total. The van der Waals surface area contributed by atoms with Crippen molar-refractivity contribution in [3.05, 3.63) is 29.3 Å². The largest absolute Gasteiger partial charge is 0.303 e. The number of fused-ring (bicyclic) bond motifs is 1. The Morgan fingerprint density at radius 1 is 1.33 bits per heavy atom. The van der Waals surface area contributed by atoms with Crippen LogP contribution in [-0.2, 0) is 11.8 Å². The van der Waals surface area contributed by atoms with Crippen molar-refractivity contribution in [2.45, 2.75) is 54.9 Å². The Bertz CT molecular complexity index is 606. The smallest absolute Gasteiger partial charge is 0.138 e. The molecule has 1 aliphatic heterocycles. The lowest BCUT2D eigenvalue weighted by molar-refractivity contribution is 0.00272. The first-order valence-electron chi connectivity index (χ1n) is 8.14. The van der Waals surface area contributed by atoms with Gasteiger partial charge in [0.05, 0.1) is 0 Å². The van der Waals surface area contributed by atoms with Crippen LogP contribution in [0.1, 0.15) is 43.2 Å². The van der Waals surface area contributed by atoms with E-state index in [4.69, 9.17) is 5.26 Å². The Kier molecular flexibility index (Phi) is 3.28. The molecule has 3 heteroatoms. The second kappa shape index (κ2) is 5.04. The zero-order chi connectivity index (χ0) is 14.4. The molecular formula is C18H22N2S. The van der Waals surface area contributed by atoms with Crippen LogP contribution in [0.3, 0.4) is 0 Å². The van der Waals surface area contributed by atoms with Crippen molar-refractivity contribution >= 4 is 11.8 Å². The predicted octanol–water partition coefficient (Wildman–Crippen LogP) is 3.95. The fraction of sp³-hybridized carbons (Fsp3) is 0.611. The number of thioether (sulfide) groups is 1. The van der Waals surface area contributed by atoms with Gasteiger partial charge in [0.1, 0.15) is 5.40 Å². The Labute approximate surface area is 131 Å². The van der Waals surface area contributed by atoms with Crippen LogP contribution < -0.4 is 0 Å². The molecule has 1 aromatic rings. The van der Waals surface area contributed by atoms with E-state index in [-0.39, 0.29) is 0 Å². The number of likely N-dealkylation sites (N-methyl/N-ethyl adjacent to an activating group) is 1. The highest BCUT2D eigenvalue weighted by atomic mass is 32.2. The van der Waals surface area contributed by atoms with E-state index >= 15 is 0 Å². The van der Waals surface area contributed by atoms with Crippen LogP contribution in [0.2, 0.25) is 0 Å². The van der Waals surface area contributed by atoms with Crippen molar-refractivity contribution in [3.63, 3.8) is 0 Å². The minimum absolute atomic E-state index is 0.412. The summed E-state index contributed by atoms with van der Waals surface area (Å²) < 4.78 is 0. The van der Waals surface area contributed by atoms with Crippen molar-refractivity contribution in [1.29, 1.82) is 5.26 Å². The van der Waals surface area contributed by atoms with Gasteiger partial charge in [0.15, 0.2) is 0 Å². The molecule has 0 amide bonds. The normalized spacial score (nSPS) is 34.7. The fourth-order valence-electron chi connectivity index (χ4n) is 5.29. The van der Waals surface area contributed by atoms with Crippen molar-refractivity contribution in [1.82, 2.24) is 4.90 Å². The third-order valence-corrected chi connectivity index (χ3v) is 6.83. The molecule has 0 aromatic heterocycles. The first kappa shape index (κ1) is 13.7. The average Bonchev–Trinajstić information content (AvgIpc) is 2.52. The maximum absolute atomic E-state index is 8.97. The van der Waals surface area contributed by atoms with E-state index in [0.717, 1.165) is 16.9 Å². The summed E-state index contributed by atoms with van der Waals surface area (Å²) in [5, 5.41) is 11.2. The highest BCUT2D eigenvalue weighted by Crippen LogP contribution is 2.55. The Morgan fingerprint density at radius 3 is 3.10 bits per heavy atom. The molecular weight excluding hydrogens is 276 g/mol. The topological polar surface area (TPSA) is 27.0 Å². The molecule has 3 aliphatic rings. The van der Waals surface area contributed by atoms with Gasteiger partial charge >= 0.3 is 0 Å². The second-order valence-corrected chi connectivity index (χ2v) is 7.88. The van der Waals surface area contributed by atoms with E-state index in [1.165, 1.54) is 56.8 Å². The molecule has 1 aromatic carbocycles. The third kappa shape index (κ3) is 1.96. The number of rotatable bonds is 1. The number of hydrogen-bond donors (Lipinski definition) is 0. The number of benzene rings is 1. The van der Waals surface area contributed by atoms with Crippen molar-refractivity contribution in [3.8, 4) is 5.40 Å². The van der Waals surface area contributed by atoms with Gasteiger partial charge < -0.3 is 4.90 Å². The molecule has 21 heavy (non-hydrogen) atoms. The van der Waals surface area contributed by atoms with Gasteiger partial charge in [-0.1, -0.05) is 18.9 Å². The molecule has 1 heterocycles. The summed E-state index contributed by atoms with van der Waals surface area (Å²) in [6.07, 6.45) is 8.04. The van der Waals surface area contributed by atoms with E-state index in [1.807, 2.05) is 0 Å². The number of hydrogen-bond acceptors (Lipinski definition) is 3. The third-order valence-electron chi connectivity index (χ3n) is 6.25. The quantitative estimate of drug-likeness (QED) is 0.580. The summed E-state index contributed by atoms with van der Waals surface area (Å²) >= 11 is 1.31. The van der Waals surface area contributed by atoms with E-state index < -0.39 is 0 Å². The summed E-state index contributed by atoms with van der Waals surface area (Å²) in [4.78, 5) is 3.74. The Morgan fingerprint density at radius 2 is 2.24 bits per heavy atom. The molecule has 0 unspecified atom stereocenters. The lowest BCUT2D eigenvalue weighted by Crippen LogP contribution is -2.59. The van der Waals surface area contributed by atoms with Crippen LogP contribution >= 0.6 is 11.8 Å². The lowest BCUT2D eigenvalue weighted by Gasteiger charge is -2.58. The van der Waals surface area contributed by atoms with Gasteiger partial charge in [-0.25, -0.2) is 0 Å². The molecule has 1 saturated carbocycles. The molecule has 4 rings (SSSR count). The maximum atomic E-state index is 8.97. The number of piperidine rings is 1. The molecule has 110 valence electrons. The average molecular weight is 298 g/mol. The standard InChI is InChI=1S/C18H22N2S/c1-20-9-8-18-7-3-2-4-15(18)17(20)10-13-5-6-14(21-12-19)11-16(13)18/h5-6,11,15,17H,2-4,7-10H2,1H3/t15-,17+,18+/m1/s1. The molecule has 2 aliphatic carbocycles. The van der Waals surface area contributed by atoms with Crippen molar-refractivity contribution < 1.29 is 0 Å². The molecule has 0 N–H and O–H groups in total. The minimum Gasteiger partial charge on any atom is -0.303 e. The van der Waals surface area contributed by atoms with Crippen LogP contribution in [0, 0.1) is 16.6 Å². The van der Waals surface area contributed by atoms with Crippen LogP contribution in [0.25, 0.3) is 0 Å². The fourth-order valence-corrected chi connectivity index (χ4v) is 5.71. The molecule has 3 atom stereocenters.